The Morgan fingerprint density at radius 1 is 1.44 bits per heavy atom. The highest BCUT2D eigenvalue weighted by molar-refractivity contribution is 7.22. The number of carboxylic acid groups (broad SMARTS) is 1. The number of thiazole rings is 1. The summed E-state index contributed by atoms with van der Waals surface area (Å²) in [7, 11) is 0. The van der Waals surface area contributed by atoms with Gasteiger partial charge in [-0.2, -0.15) is 0 Å². The van der Waals surface area contributed by atoms with Gasteiger partial charge in [0, 0.05) is 10.8 Å². The Morgan fingerprint density at radius 3 is 2.50 bits per heavy atom. The summed E-state index contributed by atoms with van der Waals surface area (Å²) in [5.74, 6) is -0.925. The van der Waals surface area contributed by atoms with Crippen molar-refractivity contribution < 1.29 is 9.90 Å². The van der Waals surface area contributed by atoms with E-state index < -0.39 is 5.97 Å². The van der Waals surface area contributed by atoms with E-state index >= 15 is 0 Å². The van der Waals surface area contributed by atoms with Crippen LogP contribution in [0.3, 0.4) is 0 Å². The molecule has 96 valence electrons. The lowest BCUT2D eigenvalue weighted by molar-refractivity contribution is 0.0699. The van der Waals surface area contributed by atoms with Gasteiger partial charge in [0.1, 0.15) is 9.88 Å². The van der Waals surface area contributed by atoms with E-state index in [-0.39, 0.29) is 5.41 Å². The van der Waals surface area contributed by atoms with Crippen LogP contribution in [0.1, 0.15) is 36.1 Å². The van der Waals surface area contributed by atoms with Crippen LogP contribution in [0.2, 0.25) is 5.02 Å². The van der Waals surface area contributed by atoms with E-state index in [1.165, 1.54) is 22.7 Å². The molecule has 2 aromatic rings. The molecule has 2 heterocycles. The summed E-state index contributed by atoms with van der Waals surface area (Å²) in [4.78, 5) is 17.0. The van der Waals surface area contributed by atoms with Crippen LogP contribution >= 0.6 is 34.3 Å². The molecule has 0 aromatic carbocycles. The van der Waals surface area contributed by atoms with Gasteiger partial charge < -0.3 is 5.11 Å². The number of aromatic carboxylic acids is 1. The van der Waals surface area contributed by atoms with Crippen LogP contribution < -0.4 is 0 Å². The third-order valence-corrected chi connectivity index (χ3v) is 4.80. The SMILES string of the molecule is CC(C)(C)c1nc(-c2cc(Cl)cs2)sc1C(=O)O. The molecule has 6 heteroatoms. The molecule has 18 heavy (non-hydrogen) atoms. The summed E-state index contributed by atoms with van der Waals surface area (Å²) in [6, 6.07) is 1.81. The summed E-state index contributed by atoms with van der Waals surface area (Å²) in [5, 5.41) is 12.4. The Hall–Kier alpha value is -0.910. The average Bonchev–Trinajstić information content (AvgIpc) is 2.81. The smallest absolute Gasteiger partial charge is 0.347 e. The van der Waals surface area contributed by atoms with Gasteiger partial charge in [-0.05, 0) is 6.07 Å². The molecule has 0 saturated heterocycles. The molecule has 2 aromatic heterocycles. The zero-order chi connectivity index (χ0) is 13.5. The molecule has 0 radical (unpaired) electrons. The van der Waals surface area contributed by atoms with Crippen molar-refractivity contribution in [1.82, 2.24) is 4.98 Å². The van der Waals surface area contributed by atoms with Gasteiger partial charge in [-0.1, -0.05) is 32.4 Å². The van der Waals surface area contributed by atoms with Crippen molar-refractivity contribution in [2.24, 2.45) is 0 Å². The number of hydrogen-bond acceptors (Lipinski definition) is 4. The molecule has 0 spiro atoms. The first-order valence-corrected chi connectivity index (χ1v) is 7.35. The number of thiophene rings is 1. The number of carboxylic acids is 1. The molecular weight excluding hydrogens is 290 g/mol. The van der Waals surface area contributed by atoms with Crippen LogP contribution in [-0.4, -0.2) is 16.1 Å². The van der Waals surface area contributed by atoms with Crippen LogP contribution in [0.15, 0.2) is 11.4 Å². The lowest BCUT2D eigenvalue weighted by Gasteiger charge is -2.15. The van der Waals surface area contributed by atoms with Gasteiger partial charge in [-0.25, -0.2) is 9.78 Å². The average molecular weight is 302 g/mol. The summed E-state index contributed by atoms with van der Waals surface area (Å²) >= 11 is 8.55. The van der Waals surface area contributed by atoms with Gasteiger partial charge >= 0.3 is 5.97 Å². The maximum Gasteiger partial charge on any atom is 0.347 e. The molecule has 0 unspecified atom stereocenters. The fraction of sp³-hybridized carbons (Fsp3) is 0.333. The molecule has 2 rings (SSSR count). The monoisotopic (exact) mass is 301 g/mol. The van der Waals surface area contributed by atoms with Gasteiger partial charge in [-0.3, -0.25) is 0 Å². The van der Waals surface area contributed by atoms with E-state index in [1.807, 2.05) is 32.2 Å². The second-order valence-electron chi connectivity index (χ2n) is 4.88. The minimum absolute atomic E-state index is 0.288. The molecule has 0 aliphatic carbocycles. The molecule has 0 atom stereocenters. The van der Waals surface area contributed by atoms with Crippen molar-refractivity contribution in [2.75, 3.05) is 0 Å². The third-order valence-electron chi connectivity index (χ3n) is 2.31. The van der Waals surface area contributed by atoms with Gasteiger partial charge in [0.25, 0.3) is 0 Å². The lowest BCUT2D eigenvalue weighted by Crippen LogP contribution is -2.16. The zero-order valence-corrected chi connectivity index (χ0v) is 12.5. The Morgan fingerprint density at radius 2 is 2.11 bits per heavy atom. The highest BCUT2D eigenvalue weighted by Gasteiger charge is 2.27. The maximum atomic E-state index is 11.3. The van der Waals surface area contributed by atoms with E-state index in [0.29, 0.717) is 20.6 Å². The third kappa shape index (κ3) is 2.58. The first-order valence-electron chi connectivity index (χ1n) is 5.28. The summed E-state index contributed by atoms with van der Waals surface area (Å²) in [6.45, 7) is 5.87. The van der Waals surface area contributed by atoms with Crippen molar-refractivity contribution in [1.29, 1.82) is 0 Å². The molecular formula is C12H12ClNO2S2. The molecule has 1 N–H and O–H groups in total. The van der Waals surface area contributed by atoms with Crippen LogP contribution in [0.4, 0.5) is 0 Å². The van der Waals surface area contributed by atoms with Crippen molar-refractivity contribution in [2.45, 2.75) is 26.2 Å². The van der Waals surface area contributed by atoms with Crippen LogP contribution in [-0.2, 0) is 5.41 Å². The molecule has 0 bridgehead atoms. The first-order chi connectivity index (χ1) is 8.29. The molecule has 0 saturated carbocycles. The highest BCUT2D eigenvalue weighted by Crippen LogP contribution is 2.37. The first kappa shape index (κ1) is 13.5. The minimum atomic E-state index is -0.925. The summed E-state index contributed by atoms with van der Waals surface area (Å²) in [6.07, 6.45) is 0. The van der Waals surface area contributed by atoms with Crippen LogP contribution in [0.5, 0.6) is 0 Å². The second-order valence-corrected chi connectivity index (χ2v) is 7.23. The number of hydrogen-bond donors (Lipinski definition) is 1. The highest BCUT2D eigenvalue weighted by atomic mass is 35.5. The Balaban J connectivity index is 2.56. The fourth-order valence-electron chi connectivity index (χ4n) is 1.50. The Kier molecular flexibility index (Phi) is 3.49. The van der Waals surface area contributed by atoms with Gasteiger partial charge in [0.05, 0.1) is 15.6 Å². The number of aromatic nitrogens is 1. The minimum Gasteiger partial charge on any atom is -0.477 e. The van der Waals surface area contributed by atoms with Crippen molar-refractivity contribution >= 4 is 40.2 Å². The van der Waals surface area contributed by atoms with Gasteiger partial charge in [0.15, 0.2) is 0 Å². The van der Waals surface area contributed by atoms with Gasteiger partial charge in [-0.15, -0.1) is 22.7 Å². The molecule has 0 fully saturated rings. The summed E-state index contributed by atoms with van der Waals surface area (Å²) in [5.41, 5.74) is 0.336. The lowest BCUT2D eigenvalue weighted by atomic mass is 9.91. The van der Waals surface area contributed by atoms with E-state index in [0.717, 1.165) is 4.88 Å². The topological polar surface area (TPSA) is 50.2 Å². The standard InChI is InChI=1S/C12H12ClNO2S2/c1-12(2,3)9-8(11(15)16)18-10(14-9)7-4-6(13)5-17-7/h4-5H,1-3H3,(H,15,16). The summed E-state index contributed by atoms with van der Waals surface area (Å²) < 4.78 is 0. The molecule has 0 amide bonds. The van der Waals surface area contributed by atoms with E-state index in [9.17, 15) is 9.90 Å². The predicted octanol–water partition coefficient (Wildman–Crippen LogP) is 4.52. The van der Waals surface area contributed by atoms with Crippen molar-refractivity contribution in [3.8, 4) is 9.88 Å². The zero-order valence-electron chi connectivity index (χ0n) is 10.2. The largest absolute Gasteiger partial charge is 0.477 e. The number of carbonyl (C=O) groups is 1. The van der Waals surface area contributed by atoms with Crippen molar-refractivity contribution in [3.05, 3.63) is 27.0 Å². The maximum absolute atomic E-state index is 11.3. The molecule has 0 aliphatic heterocycles. The van der Waals surface area contributed by atoms with Crippen LogP contribution in [0, 0.1) is 0 Å². The van der Waals surface area contributed by atoms with Crippen molar-refractivity contribution in [3.63, 3.8) is 0 Å². The number of nitrogens with zero attached hydrogens (tertiary/aromatic N) is 1. The number of rotatable bonds is 2. The Labute approximate surface area is 118 Å². The van der Waals surface area contributed by atoms with E-state index in [2.05, 4.69) is 4.98 Å². The fourth-order valence-corrected chi connectivity index (χ4v) is 3.76. The Bertz CT molecular complexity index is 595. The van der Waals surface area contributed by atoms with Crippen LogP contribution in [0.25, 0.3) is 9.88 Å². The molecule has 0 aliphatic rings. The predicted molar refractivity (Wildman–Crippen MR) is 76.1 cm³/mol. The van der Waals surface area contributed by atoms with Gasteiger partial charge in [0.2, 0.25) is 0 Å². The quantitative estimate of drug-likeness (QED) is 0.887. The van der Waals surface area contributed by atoms with E-state index in [4.69, 9.17) is 11.6 Å². The molecule has 3 nitrogen and oxygen atoms in total. The number of halogens is 1. The van der Waals surface area contributed by atoms with E-state index in [1.54, 1.807) is 0 Å². The normalized spacial score (nSPS) is 11.8. The second kappa shape index (κ2) is 4.64.